The number of thioether (sulfide) groups is 1. The lowest BCUT2D eigenvalue weighted by atomic mass is 10.2. The zero-order valence-corrected chi connectivity index (χ0v) is 14.5. The van der Waals surface area contributed by atoms with Gasteiger partial charge in [-0.15, -0.1) is 0 Å². The van der Waals surface area contributed by atoms with E-state index in [4.69, 9.17) is 4.74 Å². The van der Waals surface area contributed by atoms with Crippen LogP contribution in [0.5, 0.6) is 5.75 Å². The van der Waals surface area contributed by atoms with Gasteiger partial charge in [-0.1, -0.05) is 54.2 Å². The predicted octanol–water partition coefficient (Wildman–Crippen LogP) is 3.89. The van der Waals surface area contributed by atoms with Crippen LogP contribution in [0.2, 0.25) is 0 Å². The first-order valence-corrected chi connectivity index (χ1v) is 8.98. The van der Waals surface area contributed by atoms with Gasteiger partial charge in [0.1, 0.15) is 23.1 Å². The van der Waals surface area contributed by atoms with Crippen LogP contribution in [0.3, 0.4) is 0 Å². The zero-order valence-electron chi connectivity index (χ0n) is 13.6. The molecule has 0 saturated heterocycles. The third-order valence-electron chi connectivity index (χ3n) is 3.77. The van der Waals surface area contributed by atoms with Gasteiger partial charge in [-0.2, -0.15) is 0 Å². The maximum Gasteiger partial charge on any atom is 0.233 e. The van der Waals surface area contributed by atoms with Gasteiger partial charge in [0.25, 0.3) is 0 Å². The van der Waals surface area contributed by atoms with Crippen molar-refractivity contribution in [2.75, 3.05) is 18.9 Å². The average molecular weight is 340 g/mol. The second kappa shape index (κ2) is 8.02. The summed E-state index contributed by atoms with van der Waals surface area (Å²) in [6, 6.07) is 17.7. The number of ether oxygens (including phenoxy) is 1. The van der Waals surface area contributed by atoms with Gasteiger partial charge < -0.3 is 9.64 Å². The Balaban J connectivity index is 1.58. The van der Waals surface area contributed by atoms with E-state index in [9.17, 15) is 4.79 Å². The molecule has 0 bridgehead atoms. The van der Waals surface area contributed by atoms with E-state index in [1.807, 2.05) is 66.4 Å². The molecule has 0 radical (unpaired) electrons. The number of aliphatic imine (C=N–C) groups is 1. The van der Waals surface area contributed by atoms with Crippen molar-refractivity contribution in [2.24, 2.45) is 4.99 Å². The van der Waals surface area contributed by atoms with E-state index in [-0.39, 0.29) is 5.91 Å². The molecule has 1 aliphatic heterocycles. The minimum Gasteiger partial charge on any atom is -0.484 e. The lowest BCUT2D eigenvalue weighted by Crippen LogP contribution is -2.32. The van der Waals surface area contributed by atoms with E-state index in [0.717, 1.165) is 22.0 Å². The van der Waals surface area contributed by atoms with Crippen LogP contribution in [-0.4, -0.2) is 34.8 Å². The Morgan fingerprint density at radius 1 is 1.17 bits per heavy atom. The zero-order chi connectivity index (χ0) is 16.8. The maximum atomic E-state index is 12.5. The molecule has 0 aliphatic carbocycles. The molecule has 1 heterocycles. The van der Waals surface area contributed by atoms with Crippen molar-refractivity contribution in [1.82, 2.24) is 4.90 Å². The van der Waals surface area contributed by atoms with E-state index in [1.54, 1.807) is 0 Å². The molecule has 0 unspecified atom stereocenters. The predicted molar refractivity (Wildman–Crippen MR) is 99.0 cm³/mol. The lowest BCUT2D eigenvalue weighted by Gasteiger charge is -2.21. The van der Waals surface area contributed by atoms with Crippen molar-refractivity contribution >= 4 is 28.4 Å². The van der Waals surface area contributed by atoms with Gasteiger partial charge in [0.2, 0.25) is 5.91 Å². The van der Waals surface area contributed by atoms with Gasteiger partial charge in [-0.3, -0.25) is 4.79 Å². The number of para-hydroxylation sites is 2. The molecule has 4 nitrogen and oxygen atoms in total. The average Bonchev–Trinajstić information content (AvgIpc) is 2.65. The summed E-state index contributed by atoms with van der Waals surface area (Å²) in [6.07, 6.45) is 0. The van der Waals surface area contributed by atoms with Crippen LogP contribution >= 0.6 is 11.8 Å². The van der Waals surface area contributed by atoms with Crippen LogP contribution in [0.15, 0.2) is 59.6 Å². The maximum absolute atomic E-state index is 12.5. The minimum atomic E-state index is 0.118. The summed E-state index contributed by atoms with van der Waals surface area (Å²) < 4.78 is 5.67. The monoisotopic (exact) mass is 340 g/mol. The Bertz CT molecular complexity index is 731. The van der Waals surface area contributed by atoms with Crippen LogP contribution < -0.4 is 4.74 Å². The molecule has 0 saturated carbocycles. The minimum absolute atomic E-state index is 0.118. The molecule has 1 amide bonds. The Morgan fingerprint density at radius 3 is 2.71 bits per heavy atom. The Kier molecular flexibility index (Phi) is 5.54. The first-order valence-electron chi connectivity index (χ1n) is 8.00. The van der Waals surface area contributed by atoms with Gasteiger partial charge in [-0.25, -0.2) is 4.99 Å². The molecule has 0 N–H and O–H groups in total. The van der Waals surface area contributed by atoms with Crippen LogP contribution in [0.1, 0.15) is 12.5 Å². The molecule has 2 aromatic rings. The number of benzene rings is 2. The fourth-order valence-electron chi connectivity index (χ4n) is 2.47. The second-order valence-corrected chi connectivity index (χ2v) is 6.49. The number of amides is 1. The fourth-order valence-corrected chi connectivity index (χ4v) is 3.25. The largest absolute Gasteiger partial charge is 0.484 e. The number of carbonyl (C=O) groups is 1. The van der Waals surface area contributed by atoms with Gasteiger partial charge in [0, 0.05) is 13.1 Å². The first-order chi connectivity index (χ1) is 11.8. The summed E-state index contributed by atoms with van der Waals surface area (Å²) in [5, 5.41) is 0.845. The molecule has 1 aliphatic rings. The number of hydrogen-bond acceptors (Lipinski definition) is 4. The SMILES string of the molecule is CCN(Cc1ccccc1)C(=O)CSC1=Nc2ccccc2OC1. The van der Waals surface area contributed by atoms with Crippen molar-refractivity contribution in [1.29, 1.82) is 0 Å². The number of hydrogen-bond donors (Lipinski definition) is 0. The second-order valence-electron chi connectivity index (χ2n) is 5.44. The molecule has 5 heteroatoms. The first kappa shape index (κ1) is 16.6. The molecule has 3 rings (SSSR count). The quantitative estimate of drug-likeness (QED) is 0.829. The summed E-state index contributed by atoms with van der Waals surface area (Å²) in [6.45, 7) is 3.77. The highest BCUT2D eigenvalue weighted by Gasteiger charge is 2.17. The van der Waals surface area contributed by atoms with Crippen molar-refractivity contribution < 1.29 is 9.53 Å². The summed E-state index contributed by atoms with van der Waals surface area (Å²) in [7, 11) is 0. The highest BCUT2D eigenvalue weighted by Crippen LogP contribution is 2.31. The number of nitrogens with zero attached hydrogens (tertiary/aromatic N) is 2. The molecule has 0 fully saturated rings. The Labute approximate surface area is 146 Å². The number of carbonyl (C=O) groups excluding carboxylic acids is 1. The smallest absolute Gasteiger partial charge is 0.233 e. The highest BCUT2D eigenvalue weighted by atomic mass is 32.2. The summed E-state index contributed by atoms with van der Waals surface area (Å²) in [5.41, 5.74) is 1.97. The van der Waals surface area contributed by atoms with E-state index >= 15 is 0 Å². The molecular formula is C19H20N2O2S. The summed E-state index contributed by atoms with van der Waals surface area (Å²) in [5.74, 6) is 1.30. The van der Waals surface area contributed by atoms with Gasteiger partial charge >= 0.3 is 0 Å². The Hall–Kier alpha value is -2.27. The van der Waals surface area contributed by atoms with E-state index < -0.39 is 0 Å². The third kappa shape index (κ3) is 4.17. The molecular weight excluding hydrogens is 320 g/mol. The molecule has 124 valence electrons. The summed E-state index contributed by atoms with van der Waals surface area (Å²) in [4.78, 5) is 18.9. The molecule has 24 heavy (non-hydrogen) atoms. The van der Waals surface area contributed by atoms with E-state index in [2.05, 4.69) is 4.99 Å². The fraction of sp³-hybridized carbons (Fsp3) is 0.263. The van der Waals surface area contributed by atoms with Crippen molar-refractivity contribution in [3.8, 4) is 5.75 Å². The molecule has 0 spiro atoms. The van der Waals surface area contributed by atoms with Crippen LogP contribution in [0.4, 0.5) is 5.69 Å². The molecule has 0 atom stereocenters. The van der Waals surface area contributed by atoms with Crippen molar-refractivity contribution in [3.63, 3.8) is 0 Å². The standard InChI is InChI=1S/C19H20N2O2S/c1-2-21(12-15-8-4-3-5-9-15)19(22)14-24-18-13-23-17-11-7-6-10-16(17)20-18/h3-11H,2,12-14H2,1H3. The van der Waals surface area contributed by atoms with Crippen LogP contribution in [0.25, 0.3) is 0 Å². The highest BCUT2D eigenvalue weighted by molar-refractivity contribution is 8.14. The molecule has 0 aromatic heterocycles. The Morgan fingerprint density at radius 2 is 1.92 bits per heavy atom. The van der Waals surface area contributed by atoms with Gasteiger partial charge in [0.15, 0.2) is 0 Å². The number of fused-ring (bicyclic) bond motifs is 1. The summed E-state index contributed by atoms with van der Waals surface area (Å²) >= 11 is 1.46. The third-order valence-corrected chi connectivity index (χ3v) is 4.71. The number of rotatable bonds is 5. The van der Waals surface area contributed by atoms with Gasteiger partial charge in [-0.05, 0) is 24.6 Å². The normalized spacial score (nSPS) is 12.8. The van der Waals surface area contributed by atoms with E-state index in [1.165, 1.54) is 11.8 Å². The van der Waals surface area contributed by atoms with Crippen LogP contribution in [0, 0.1) is 0 Å². The van der Waals surface area contributed by atoms with Gasteiger partial charge in [0.05, 0.1) is 5.75 Å². The van der Waals surface area contributed by atoms with E-state index in [0.29, 0.717) is 25.4 Å². The van der Waals surface area contributed by atoms with Crippen molar-refractivity contribution in [2.45, 2.75) is 13.5 Å². The topological polar surface area (TPSA) is 41.9 Å². The van der Waals surface area contributed by atoms with Crippen LogP contribution in [-0.2, 0) is 11.3 Å². The van der Waals surface area contributed by atoms with Crippen molar-refractivity contribution in [3.05, 3.63) is 60.2 Å². The molecule has 2 aromatic carbocycles. The lowest BCUT2D eigenvalue weighted by molar-refractivity contribution is -0.128.